The van der Waals surface area contributed by atoms with Crippen LogP contribution in [0.3, 0.4) is 0 Å². The number of primary amides is 1. The van der Waals surface area contributed by atoms with Crippen LogP contribution in [0.15, 0.2) is 24.3 Å². The van der Waals surface area contributed by atoms with Gasteiger partial charge in [-0.2, -0.15) is 0 Å². The number of benzene rings is 1. The smallest absolute Gasteiger partial charge is 0.312 e. The number of urea groups is 1. The fraction of sp³-hybridized carbons (Fsp3) is 0.429. The second-order valence-corrected chi connectivity index (χ2v) is 5.09. The lowest BCUT2D eigenvalue weighted by Crippen LogP contribution is -2.51. The molecule has 0 spiro atoms. The van der Waals surface area contributed by atoms with Crippen molar-refractivity contribution in [2.75, 3.05) is 0 Å². The molecule has 0 fully saturated rings. The van der Waals surface area contributed by atoms with Gasteiger partial charge in [0.1, 0.15) is 6.04 Å². The van der Waals surface area contributed by atoms with Gasteiger partial charge in [-0.3, -0.25) is 4.79 Å². The van der Waals surface area contributed by atoms with Gasteiger partial charge in [0.05, 0.1) is 0 Å². The number of hydrogen-bond acceptors (Lipinski definition) is 2. The average Bonchev–Trinajstić information content (AvgIpc) is 2.42. The van der Waals surface area contributed by atoms with E-state index in [-0.39, 0.29) is 11.8 Å². The van der Waals surface area contributed by atoms with E-state index in [0.29, 0.717) is 11.6 Å². The maximum atomic E-state index is 12.1. The van der Waals surface area contributed by atoms with Crippen LogP contribution < -0.4 is 16.4 Å². The van der Waals surface area contributed by atoms with Crippen LogP contribution in [-0.2, 0) is 11.3 Å². The molecular weight excluding hydrogens is 278 g/mol. The van der Waals surface area contributed by atoms with Gasteiger partial charge in [0.2, 0.25) is 5.91 Å². The number of hydrogen-bond donors (Lipinski definition) is 3. The molecule has 0 aliphatic carbocycles. The number of carbonyl (C=O) groups excluding carboxylic acids is 2. The zero-order chi connectivity index (χ0) is 15.1. The van der Waals surface area contributed by atoms with Crippen LogP contribution in [0.2, 0.25) is 5.02 Å². The highest BCUT2D eigenvalue weighted by Crippen LogP contribution is 2.15. The third kappa shape index (κ3) is 4.74. The maximum Gasteiger partial charge on any atom is 0.312 e. The summed E-state index contributed by atoms with van der Waals surface area (Å²) in [7, 11) is 0. The summed E-state index contributed by atoms with van der Waals surface area (Å²) in [5.74, 6) is -0.271. The van der Waals surface area contributed by atoms with Crippen molar-refractivity contribution in [1.82, 2.24) is 10.6 Å². The van der Waals surface area contributed by atoms with E-state index >= 15 is 0 Å². The molecule has 0 aromatic heterocycles. The van der Waals surface area contributed by atoms with E-state index in [0.717, 1.165) is 12.0 Å². The lowest BCUT2D eigenvalue weighted by atomic mass is 9.98. The van der Waals surface area contributed by atoms with Crippen LogP contribution in [-0.4, -0.2) is 18.0 Å². The van der Waals surface area contributed by atoms with Crippen LogP contribution in [0.4, 0.5) is 4.79 Å². The first-order valence-corrected chi connectivity index (χ1v) is 6.90. The second-order valence-electron chi connectivity index (χ2n) is 4.68. The topological polar surface area (TPSA) is 84.2 Å². The Kier molecular flexibility index (Phi) is 6.31. The minimum Gasteiger partial charge on any atom is -0.352 e. The monoisotopic (exact) mass is 297 g/mol. The fourth-order valence-electron chi connectivity index (χ4n) is 1.79. The molecule has 0 bridgehead atoms. The molecule has 0 saturated heterocycles. The molecule has 5 nitrogen and oxygen atoms in total. The van der Waals surface area contributed by atoms with Gasteiger partial charge < -0.3 is 16.4 Å². The predicted octanol–water partition coefficient (Wildman–Crippen LogP) is 2.04. The van der Waals surface area contributed by atoms with Crippen molar-refractivity contribution in [3.63, 3.8) is 0 Å². The van der Waals surface area contributed by atoms with Crippen LogP contribution in [0.25, 0.3) is 0 Å². The first-order valence-electron chi connectivity index (χ1n) is 6.52. The number of nitrogens with one attached hydrogen (secondary N) is 2. The van der Waals surface area contributed by atoms with Gasteiger partial charge in [0.15, 0.2) is 0 Å². The van der Waals surface area contributed by atoms with E-state index in [1.165, 1.54) is 0 Å². The van der Waals surface area contributed by atoms with Gasteiger partial charge in [0.25, 0.3) is 0 Å². The summed E-state index contributed by atoms with van der Waals surface area (Å²) in [5, 5.41) is 5.84. The molecule has 110 valence electrons. The lowest BCUT2D eigenvalue weighted by molar-refractivity contribution is -0.124. The summed E-state index contributed by atoms with van der Waals surface area (Å²) in [5.41, 5.74) is 5.93. The Morgan fingerprint density at radius 2 is 2.00 bits per heavy atom. The minimum absolute atomic E-state index is 0.00579. The van der Waals surface area contributed by atoms with Crippen molar-refractivity contribution in [2.45, 2.75) is 32.9 Å². The molecule has 0 heterocycles. The highest BCUT2D eigenvalue weighted by Gasteiger charge is 2.24. The fourth-order valence-corrected chi connectivity index (χ4v) is 1.99. The third-order valence-corrected chi connectivity index (χ3v) is 3.57. The summed E-state index contributed by atoms with van der Waals surface area (Å²) in [6, 6.07) is 5.92. The normalized spacial score (nSPS) is 13.3. The van der Waals surface area contributed by atoms with Crippen molar-refractivity contribution in [3.05, 3.63) is 34.9 Å². The van der Waals surface area contributed by atoms with E-state index in [9.17, 15) is 9.59 Å². The Morgan fingerprint density at radius 1 is 1.35 bits per heavy atom. The Morgan fingerprint density at radius 3 is 2.55 bits per heavy atom. The Balaban J connectivity index is 2.67. The van der Waals surface area contributed by atoms with Gasteiger partial charge in [-0.25, -0.2) is 4.79 Å². The molecule has 6 heteroatoms. The second kappa shape index (κ2) is 7.75. The zero-order valence-electron chi connectivity index (χ0n) is 11.7. The number of rotatable bonds is 6. The molecule has 0 saturated carbocycles. The minimum atomic E-state index is -0.705. The summed E-state index contributed by atoms with van der Waals surface area (Å²) >= 11 is 6.02. The molecule has 2 atom stereocenters. The van der Waals surface area contributed by atoms with Crippen molar-refractivity contribution in [2.24, 2.45) is 11.7 Å². The maximum absolute atomic E-state index is 12.1. The van der Waals surface area contributed by atoms with Crippen molar-refractivity contribution in [1.29, 1.82) is 0 Å². The standard InChI is InChI=1S/C14H20ClN3O2/c1-3-9(2)12(18-14(16)20)13(19)17-8-10-6-4-5-7-11(10)15/h4-7,9,12H,3,8H2,1-2H3,(H,17,19)(H3,16,18,20). The molecule has 1 aromatic carbocycles. The summed E-state index contributed by atoms with van der Waals surface area (Å²) in [6.45, 7) is 4.14. The number of amides is 3. The Bertz CT molecular complexity index is 479. The Hall–Kier alpha value is -1.75. The third-order valence-electron chi connectivity index (χ3n) is 3.20. The van der Waals surface area contributed by atoms with Crippen molar-refractivity contribution >= 4 is 23.5 Å². The summed E-state index contributed by atoms with van der Waals surface area (Å²) < 4.78 is 0. The first-order chi connectivity index (χ1) is 9.45. The van der Waals surface area contributed by atoms with E-state index in [4.69, 9.17) is 17.3 Å². The highest BCUT2D eigenvalue weighted by atomic mass is 35.5. The van der Waals surface area contributed by atoms with E-state index < -0.39 is 12.1 Å². The summed E-state index contributed by atoms with van der Waals surface area (Å²) in [6.07, 6.45) is 0.754. The molecule has 0 aliphatic heterocycles. The van der Waals surface area contributed by atoms with Crippen LogP contribution in [0, 0.1) is 5.92 Å². The lowest BCUT2D eigenvalue weighted by Gasteiger charge is -2.22. The molecule has 3 amide bonds. The zero-order valence-corrected chi connectivity index (χ0v) is 12.4. The number of nitrogens with two attached hydrogens (primary N) is 1. The van der Waals surface area contributed by atoms with Gasteiger partial charge in [-0.05, 0) is 17.5 Å². The van der Waals surface area contributed by atoms with Crippen LogP contribution in [0.1, 0.15) is 25.8 Å². The number of halogens is 1. The molecule has 0 aliphatic rings. The molecule has 1 aromatic rings. The molecule has 0 radical (unpaired) electrons. The molecule has 1 rings (SSSR count). The SMILES string of the molecule is CCC(C)C(NC(N)=O)C(=O)NCc1ccccc1Cl. The predicted molar refractivity (Wildman–Crippen MR) is 79.3 cm³/mol. The van der Waals surface area contributed by atoms with Gasteiger partial charge in [-0.15, -0.1) is 0 Å². The summed E-state index contributed by atoms with van der Waals surface area (Å²) in [4.78, 5) is 23.1. The first kappa shape index (κ1) is 16.3. The van der Waals surface area contributed by atoms with Crippen LogP contribution >= 0.6 is 11.6 Å². The van der Waals surface area contributed by atoms with Crippen molar-refractivity contribution in [3.8, 4) is 0 Å². The van der Waals surface area contributed by atoms with Crippen LogP contribution in [0.5, 0.6) is 0 Å². The number of carbonyl (C=O) groups is 2. The molecule has 2 unspecified atom stereocenters. The largest absolute Gasteiger partial charge is 0.352 e. The average molecular weight is 298 g/mol. The molecular formula is C14H20ClN3O2. The van der Waals surface area contributed by atoms with E-state index in [1.807, 2.05) is 32.0 Å². The highest BCUT2D eigenvalue weighted by molar-refractivity contribution is 6.31. The van der Waals surface area contributed by atoms with Gasteiger partial charge in [0, 0.05) is 11.6 Å². The van der Waals surface area contributed by atoms with E-state index in [2.05, 4.69) is 10.6 Å². The van der Waals surface area contributed by atoms with Gasteiger partial charge >= 0.3 is 6.03 Å². The molecule has 20 heavy (non-hydrogen) atoms. The molecule has 4 N–H and O–H groups in total. The quantitative estimate of drug-likeness (QED) is 0.750. The van der Waals surface area contributed by atoms with E-state index in [1.54, 1.807) is 6.07 Å². The van der Waals surface area contributed by atoms with Gasteiger partial charge in [-0.1, -0.05) is 50.1 Å². The van der Waals surface area contributed by atoms with Crippen molar-refractivity contribution < 1.29 is 9.59 Å². The Labute approximate surface area is 123 Å².